The number of carbonyl (C=O) groups is 1. The van der Waals surface area contributed by atoms with Crippen LogP contribution in [0.4, 0.5) is 0 Å². The molecule has 0 heterocycles. The predicted octanol–water partition coefficient (Wildman–Crippen LogP) is 4.71. The number of nitrogens with zero attached hydrogens (tertiary/aromatic N) is 1. The van der Waals surface area contributed by atoms with E-state index in [1.165, 1.54) is 0 Å². The lowest BCUT2D eigenvalue weighted by Crippen LogP contribution is -2.05. The lowest BCUT2D eigenvalue weighted by molar-refractivity contribution is 0.0472. The van der Waals surface area contributed by atoms with Crippen LogP contribution in [0, 0.1) is 11.3 Å². The summed E-state index contributed by atoms with van der Waals surface area (Å²) in [5, 5.41) is 8.77. The third-order valence-electron chi connectivity index (χ3n) is 3.52. The fourth-order valence-electron chi connectivity index (χ4n) is 2.19. The van der Waals surface area contributed by atoms with E-state index in [4.69, 9.17) is 14.7 Å². The van der Waals surface area contributed by atoms with Crippen LogP contribution in [0.25, 0.3) is 0 Å². The van der Waals surface area contributed by atoms with Crippen LogP contribution in [-0.4, -0.2) is 5.97 Å². The van der Waals surface area contributed by atoms with Crippen LogP contribution in [0.15, 0.2) is 78.9 Å². The number of para-hydroxylation sites is 1. The average Bonchev–Trinajstić information content (AvgIpc) is 2.68. The second-order valence-electron chi connectivity index (χ2n) is 5.32. The fourth-order valence-corrected chi connectivity index (χ4v) is 2.19. The highest BCUT2D eigenvalue weighted by Gasteiger charge is 2.08. The van der Waals surface area contributed by atoms with Gasteiger partial charge in [-0.05, 0) is 54.1 Å². The summed E-state index contributed by atoms with van der Waals surface area (Å²) in [6, 6.07) is 25.2. The topological polar surface area (TPSA) is 59.3 Å². The molecule has 3 aromatic carbocycles. The Morgan fingerprint density at radius 3 is 2.12 bits per heavy atom. The molecule has 0 aliphatic rings. The summed E-state index contributed by atoms with van der Waals surface area (Å²) in [7, 11) is 0. The Morgan fingerprint density at radius 2 is 1.48 bits per heavy atom. The molecule has 0 atom stereocenters. The van der Waals surface area contributed by atoms with Crippen LogP contribution in [-0.2, 0) is 11.3 Å². The van der Waals surface area contributed by atoms with Gasteiger partial charge in [0, 0.05) is 0 Å². The molecule has 0 bridgehead atoms. The van der Waals surface area contributed by atoms with Crippen molar-refractivity contribution >= 4 is 5.97 Å². The zero-order valence-corrected chi connectivity index (χ0v) is 13.4. The molecule has 3 rings (SSSR count). The molecule has 0 aliphatic carbocycles. The van der Waals surface area contributed by atoms with Gasteiger partial charge in [-0.2, -0.15) is 5.26 Å². The number of hydrogen-bond acceptors (Lipinski definition) is 4. The van der Waals surface area contributed by atoms with Crippen molar-refractivity contribution in [1.29, 1.82) is 5.26 Å². The van der Waals surface area contributed by atoms with Crippen molar-refractivity contribution in [3.05, 3.63) is 95.6 Å². The zero-order valence-electron chi connectivity index (χ0n) is 13.4. The van der Waals surface area contributed by atoms with Crippen LogP contribution >= 0.6 is 0 Å². The van der Waals surface area contributed by atoms with E-state index < -0.39 is 5.97 Å². The monoisotopic (exact) mass is 329 g/mol. The van der Waals surface area contributed by atoms with Crippen LogP contribution in [0.1, 0.15) is 21.5 Å². The number of esters is 1. The van der Waals surface area contributed by atoms with E-state index in [1.807, 2.05) is 36.4 Å². The molecule has 122 valence electrons. The second-order valence-corrected chi connectivity index (χ2v) is 5.32. The Kier molecular flexibility index (Phi) is 5.08. The summed E-state index contributed by atoms with van der Waals surface area (Å²) < 4.78 is 11.0. The molecular formula is C21H15NO3. The van der Waals surface area contributed by atoms with Gasteiger partial charge in [-0.25, -0.2) is 4.79 Å². The van der Waals surface area contributed by atoms with Crippen LogP contribution in [0.3, 0.4) is 0 Å². The van der Waals surface area contributed by atoms with Gasteiger partial charge in [0.15, 0.2) is 0 Å². The van der Waals surface area contributed by atoms with E-state index in [0.29, 0.717) is 16.9 Å². The molecule has 3 aromatic rings. The summed E-state index contributed by atoms with van der Waals surface area (Å²) in [5.74, 6) is 0.976. The molecule has 0 aliphatic heterocycles. The van der Waals surface area contributed by atoms with E-state index in [1.54, 1.807) is 48.5 Å². The van der Waals surface area contributed by atoms with Gasteiger partial charge >= 0.3 is 5.97 Å². The SMILES string of the molecule is N#Cc1ccc(COC(=O)c2ccc(Oc3ccccc3)cc2)cc1. The Balaban J connectivity index is 1.57. The molecule has 0 unspecified atom stereocenters. The first kappa shape index (κ1) is 16.3. The molecule has 0 aromatic heterocycles. The highest BCUT2D eigenvalue weighted by molar-refractivity contribution is 5.89. The number of benzene rings is 3. The molecule has 0 radical (unpaired) electrons. The largest absolute Gasteiger partial charge is 0.457 e. The lowest BCUT2D eigenvalue weighted by Gasteiger charge is -2.07. The van der Waals surface area contributed by atoms with Crippen molar-refractivity contribution in [2.45, 2.75) is 6.61 Å². The van der Waals surface area contributed by atoms with Crippen LogP contribution < -0.4 is 4.74 Å². The van der Waals surface area contributed by atoms with E-state index in [2.05, 4.69) is 0 Å². The third-order valence-corrected chi connectivity index (χ3v) is 3.52. The quantitative estimate of drug-likeness (QED) is 0.636. The highest BCUT2D eigenvalue weighted by Crippen LogP contribution is 2.21. The molecule has 25 heavy (non-hydrogen) atoms. The molecular weight excluding hydrogens is 314 g/mol. The summed E-state index contributed by atoms with van der Waals surface area (Å²) in [6.07, 6.45) is 0. The summed E-state index contributed by atoms with van der Waals surface area (Å²) >= 11 is 0. The van der Waals surface area contributed by atoms with E-state index in [9.17, 15) is 4.79 Å². The van der Waals surface area contributed by atoms with E-state index in [-0.39, 0.29) is 6.61 Å². The molecule has 0 fully saturated rings. The van der Waals surface area contributed by atoms with Crippen molar-refractivity contribution in [3.63, 3.8) is 0 Å². The minimum atomic E-state index is -0.407. The van der Waals surface area contributed by atoms with Gasteiger partial charge in [0.1, 0.15) is 18.1 Å². The third kappa shape index (κ3) is 4.46. The fraction of sp³-hybridized carbons (Fsp3) is 0.0476. The van der Waals surface area contributed by atoms with Gasteiger partial charge in [-0.3, -0.25) is 0 Å². The number of carbonyl (C=O) groups excluding carboxylic acids is 1. The van der Waals surface area contributed by atoms with Gasteiger partial charge in [-0.1, -0.05) is 30.3 Å². The van der Waals surface area contributed by atoms with E-state index >= 15 is 0 Å². The minimum absolute atomic E-state index is 0.160. The molecule has 0 saturated carbocycles. The van der Waals surface area contributed by atoms with Gasteiger partial charge in [0.25, 0.3) is 0 Å². The first-order valence-corrected chi connectivity index (χ1v) is 7.74. The first-order valence-electron chi connectivity index (χ1n) is 7.74. The smallest absolute Gasteiger partial charge is 0.338 e. The Morgan fingerprint density at radius 1 is 0.840 bits per heavy atom. The zero-order chi connectivity index (χ0) is 17.5. The molecule has 4 heteroatoms. The minimum Gasteiger partial charge on any atom is -0.457 e. The van der Waals surface area contributed by atoms with Crippen molar-refractivity contribution in [3.8, 4) is 17.6 Å². The number of ether oxygens (including phenoxy) is 2. The van der Waals surface area contributed by atoms with Crippen molar-refractivity contribution in [1.82, 2.24) is 0 Å². The number of hydrogen-bond donors (Lipinski definition) is 0. The summed E-state index contributed by atoms with van der Waals surface area (Å²) in [4.78, 5) is 12.1. The second kappa shape index (κ2) is 7.80. The molecule has 0 amide bonds. The van der Waals surface area contributed by atoms with Crippen LogP contribution in [0.2, 0.25) is 0 Å². The number of nitriles is 1. The average molecular weight is 329 g/mol. The van der Waals surface area contributed by atoms with Crippen molar-refractivity contribution < 1.29 is 14.3 Å². The van der Waals surface area contributed by atoms with Crippen molar-refractivity contribution in [2.75, 3.05) is 0 Å². The van der Waals surface area contributed by atoms with Crippen LogP contribution in [0.5, 0.6) is 11.5 Å². The Hall–Kier alpha value is -3.58. The maximum Gasteiger partial charge on any atom is 0.338 e. The molecule has 0 saturated heterocycles. The van der Waals surface area contributed by atoms with E-state index in [0.717, 1.165) is 11.3 Å². The van der Waals surface area contributed by atoms with Gasteiger partial charge in [0.2, 0.25) is 0 Å². The van der Waals surface area contributed by atoms with Gasteiger partial charge in [0.05, 0.1) is 17.2 Å². The molecule has 4 nitrogen and oxygen atoms in total. The van der Waals surface area contributed by atoms with Gasteiger partial charge < -0.3 is 9.47 Å². The standard InChI is InChI=1S/C21H15NO3/c22-14-16-6-8-17(9-7-16)15-24-21(23)18-10-12-20(13-11-18)25-19-4-2-1-3-5-19/h1-13H,15H2. The maximum absolute atomic E-state index is 12.1. The lowest BCUT2D eigenvalue weighted by atomic mass is 10.1. The predicted molar refractivity (Wildman–Crippen MR) is 93.2 cm³/mol. The maximum atomic E-state index is 12.1. The Bertz CT molecular complexity index is 879. The highest BCUT2D eigenvalue weighted by atomic mass is 16.5. The molecule has 0 N–H and O–H groups in total. The molecule has 0 spiro atoms. The Labute approximate surface area is 145 Å². The summed E-state index contributed by atoms with van der Waals surface area (Å²) in [6.45, 7) is 0.160. The first-order chi connectivity index (χ1) is 12.2. The summed E-state index contributed by atoms with van der Waals surface area (Å²) in [5.41, 5.74) is 1.86. The normalized spacial score (nSPS) is 9.88. The van der Waals surface area contributed by atoms with Gasteiger partial charge in [-0.15, -0.1) is 0 Å². The number of rotatable bonds is 5. The van der Waals surface area contributed by atoms with Crippen molar-refractivity contribution in [2.24, 2.45) is 0 Å².